The van der Waals surface area contributed by atoms with Crippen LogP contribution >= 0.6 is 0 Å². The second kappa shape index (κ2) is 6.59. The fourth-order valence-corrected chi connectivity index (χ4v) is 4.70. The van der Waals surface area contributed by atoms with Gasteiger partial charge in [0.15, 0.2) is 9.84 Å². The third-order valence-corrected chi connectivity index (χ3v) is 6.11. The van der Waals surface area contributed by atoms with Crippen LogP contribution < -0.4 is 0 Å². The van der Waals surface area contributed by atoms with Gasteiger partial charge in [0.1, 0.15) is 5.82 Å². The van der Waals surface area contributed by atoms with Gasteiger partial charge < -0.3 is 4.90 Å². The highest BCUT2D eigenvalue weighted by molar-refractivity contribution is 7.91. The molecule has 0 aliphatic carbocycles. The molecule has 1 aliphatic rings. The maximum Gasteiger partial charge on any atom is 0.257 e. The maximum atomic E-state index is 13.4. The van der Waals surface area contributed by atoms with E-state index in [0.717, 1.165) is 0 Å². The van der Waals surface area contributed by atoms with Crippen LogP contribution in [0, 0.1) is 18.7 Å². The molecule has 3 rings (SSSR count). The fourth-order valence-electron chi connectivity index (χ4n) is 3.06. The molecule has 0 radical (unpaired) electrons. The van der Waals surface area contributed by atoms with Crippen molar-refractivity contribution in [2.24, 2.45) is 5.92 Å². The first-order chi connectivity index (χ1) is 11.7. The summed E-state index contributed by atoms with van der Waals surface area (Å²) in [5.74, 6) is -0.678. The highest BCUT2D eigenvalue weighted by Crippen LogP contribution is 2.18. The highest BCUT2D eigenvalue weighted by atomic mass is 32.2. The van der Waals surface area contributed by atoms with E-state index in [1.54, 1.807) is 30.2 Å². The maximum absolute atomic E-state index is 13.4. The monoisotopic (exact) mass is 365 g/mol. The number of hydrogen-bond donors (Lipinski definition) is 0. The van der Waals surface area contributed by atoms with E-state index >= 15 is 0 Å². The van der Waals surface area contributed by atoms with Crippen molar-refractivity contribution in [2.45, 2.75) is 13.8 Å². The number of benzene rings is 1. The number of hydrogen-bond acceptors (Lipinski definition) is 4. The Morgan fingerprint density at radius 2 is 2.12 bits per heavy atom. The predicted molar refractivity (Wildman–Crippen MR) is 92.0 cm³/mol. The molecule has 0 saturated carbocycles. The Bertz CT molecular complexity index is 908. The van der Waals surface area contributed by atoms with Crippen molar-refractivity contribution in [3.05, 3.63) is 47.5 Å². The van der Waals surface area contributed by atoms with Crippen LogP contribution in [0.2, 0.25) is 0 Å². The van der Waals surface area contributed by atoms with Gasteiger partial charge in [-0.05, 0) is 31.0 Å². The van der Waals surface area contributed by atoms with Gasteiger partial charge in [-0.3, -0.25) is 4.79 Å². The van der Waals surface area contributed by atoms with E-state index < -0.39 is 9.84 Å². The summed E-state index contributed by atoms with van der Waals surface area (Å²) in [7, 11) is -3.13. The predicted octanol–water partition coefficient (Wildman–Crippen LogP) is 1.83. The first-order valence-corrected chi connectivity index (χ1v) is 9.89. The Morgan fingerprint density at radius 1 is 1.36 bits per heavy atom. The molecule has 2 heterocycles. The molecular formula is C17H20FN3O3S. The number of aromatic nitrogens is 2. The SMILES string of the molecule is Cc1nn(-c2cccc(F)c2)cc1C(=O)N1CCS(=O)(=O)CC(C)C1. The van der Waals surface area contributed by atoms with E-state index in [-0.39, 0.29) is 35.7 Å². The van der Waals surface area contributed by atoms with Crippen LogP contribution in [0.25, 0.3) is 5.69 Å². The molecule has 25 heavy (non-hydrogen) atoms. The van der Waals surface area contributed by atoms with Crippen LogP contribution in [-0.2, 0) is 9.84 Å². The normalized spacial score (nSPS) is 20.3. The Morgan fingerprint density at radius 3 is 2.84 bits per heavy atom. The van der Waals surface area contributed by atoms with Gasteiger partial charge in [0.2, 0.25) is 0 Å². The number of halogens is 1. The molecule has 1 saturated heterocycles. The average molecular weight is 365 g/mol. The summed E-state index contributed by atoms with van der Waals surface area (Å²) in [6, 6.07) is 5.95. The zero-order valence-electron chi connectivity index (χ0n) is 14.1. The highest BCUT2D eigenvalue weighted by Gasteiger charge is 2.29. The van der Waals surface area contributed by atoms with Gasteiger partial charge in [0.25, 0.3) is 5.91 Å². The Balaban J connectivity index is 1.88. The summed E-state index contributed by atoms with van der Waals surface area (Å²) in [6.45, 7) is 4.10. The summed E-state index contributed by atoms with van der Waals surface area (Å²) in [5.41, 5.74) is 1.44. The Labute approximate surface area is 146 Å². The molecule has 1 aromatic carbocycles. The topological polar surface area (TPSA) is 72.3 Å². The number of amides is 1. The molecule has 1 aliphatic heterocycles. The molecule has 1 amide bonds. The van der Waals surface area contributed by atoms with Gasteiger partial charge in [-0.2, -0.15) is 5.10 Å². The molecule has 8 heteroatoms. The first-order valence-electron chi connectivity index (χ1n) is 8.07. The largest absolute Gasteiger partial charge is 0.337 e. The van der Waals surface area contributed by atoms with Crippen LogP contribution in [0.4, 0.5) is 4.39 Å². The van der Waals surface area contributed by atoms with Gasteiger partial charge in [-0.15, -0.1) is 0 Å². The quantitative estimate of drug-likeness (QED) is 0.814. The number of nitrogens with zero attached hydrogens (tertiary/aromatic N) is 3. The van der Waals surface area contributed by atoms with Crippen molar-refractivity contribution in [3.63, 3.8) is 0 Å². The van der Waals surface area contributed by atoms with Crippen LogP contribution in [-0.4, -0.2) is 53.6 Å². The van der Waals surface area contributed by atoms with Crippen LogP contribution in [0.1, 0.15) is 23.0 Å². The molecule has 6 nitrogen and oxygen atoms in total. The van der Waals surface area contributed by atoms with Gasteiger partial charge in [-0.1, -0.05) is 13.0 Å². The van der Waals surface area contributed by atoms with Crippen molar-refractivity contribution < 1.29 is 17.6 Å². The van der Waals surface area contributed by atoms with Crippen LogP contribution in [0.3, 0.4) is 0 Å². The van der Waals surface area contributed by atoms with E-state index in [2.05, 4.69) is 5.10 Å². The van der Waals surface area contributed by atoms with Gasteiger partial charge in [0.05, 0.1) is 28.5 Å². The molecule has 1 atom stereocenters. The van der Waals surface area contributed by atoms with Crippen molar-refractivity contribution in [1.29, 1.82) is 0 Å². The van der Waals surface area contributed by atoms with Crippen molar-refractivity contribution in [2.75, 3.05) is 24.6 Å². The summed E-state index contributed by atoms with van der Waals surface area (Å²) in [4.78, 5) is 14.4. The number of aryl methyl sites for hydroxylation is 1. The lowest BCUT2D eigenvalue weighted by atomic mass is 10.1. The minimum Gasteiger partial charge on any atom is -0.337 e. The lowest BCUT2D eigenvalue weighted by Crippen LogP contribution is -2.35. The molecule has 0 bridgehead atoms. The second-order valence-corrected chi connectivity index (χ2v) is 8.75. The molecule has 134 valence electrons. The molecule has 1 fully saturated rings. The third-order valence-electron chi connectivity index (χ3n) is 4.23. The third kappa shape index (κ3) is 3.89. The van der Waals surface area contributed by atoms with E-state index in [1.807, 2.05) is 6.92 Å². The van der Waals surface area contributed by atoms with E-state index in [0.29, 0.717) is 23.5 Å². The van der Waals surface area contributed by atoms with Gasteiger partial charge >= 0.3 is 0 Å². The van der Waals surface area contributed by atoms with Gasteiger partial charge in [0, 0.05) is 19.3 Å². The number of carbonyl (C=O) groups excluding carboxylic acids is 1. The Hall–Kier alpha value is -2.22. The van der Waals surface area contributed by atoms with Gasteiger partial charge in [-0.25, -0.2) is 17.5 Å². The van der Waals surface area contributed by atoms with Crippen molar-refractivity contribution in [3.8, 4) is 5.69 Å². The fraction of sp³-hybridized carbons (Fsp3) is 0.412. The molecular weight excluding hydrogens is 345 g/mol. The summed E-state index contributed by atoms with van der Waals surface area (Å²) in [6.07, 6.45) is 1.57. The summed E-state index contributed by atoms with van der Waals surface area (Å²) < 4.78 is 38.6. The van der Waals surface area contributed by atoms with Crippen LogP contribution in [0.15, 0.2) is 30.5 Å². The Kier molecular flexibility index (Phi) is 4.64. The van der Waals surface area contributed by atoms with Crippen LogP contribution in [0.5, 0.6) is 0 Å². The second-order valence-electron chi connectivity index (χ2n) is 6.52. The molecule has 2 aromatic rings. The molecule has 1 aromatic heterocycles. The smallest absolute Gasteiger partial charge is 0.257 e. The van der Waals surface area contributed by atoms with Crippen molar-refractivity contribution in [1.82, 2.24) is 14.7 Å². The summed E-state index contributed by atoms with van der Waals surface area (Å²) >= 11 is 0. The minimum atomic E-state index is -3.13. The minimum absolute atomic E-state index is 0.0276. The molecule has 0 spiro atoms. The standard InChI is InChI=1S/C17H20FN3O3S/c1-12-9-20(6-7-25(23,24)11-12)17(22)16-10-21(19-13(16)2)15-5-3-4-14(18)8-15/h3-5,8,10,12H,6-7,9,11H2,1-2H3. The van der Waals surface area contributed by atoms with Crippen molar-refractivity contribution >= 4 is 15.7 Å². The molecule has 0 N–H and O–H groups in total. The first kappa shape index (κ1) is 17.6. The van der Waals surface area contributed by atoms with E-state index in [1.165, 1.54) is 16.8 Å². The zero-order chi connectivity index (χ0) is 18.2. The number of sulfone groups is 1. The molecule has 1 unspecified atom stereocenters. The van der Waals surface area contributed by atoms with E-state index in [9.17, 15) is 17.6 Å². The average Bonchev–Trinajstić information content (AvgIpc) is 2.85. The summed E-state index contributed by atoms with van der Waals surface area (Å²) in [5, 5.41) is 4.29. The number of rotatable bonds is 2. The zero-order valence-corrected chi connectivity index (χ0v) is 15.0. The number of carbonyl (C=O) groups is 1. The lowest BCUT2D eigenvalue weighted by Gasteiger charge is -2.21. The lowest BCUT2D eigenvalue weighted by molar-refractivity contribution is 0.0751. The van der Waals surface area contributed by atoms with E-state index in [4.69, 9.17) is 0 Å².